The van der Waals surface area contributed by atoms with Gasteiger partial charge in [0.25, 0.3) is 0 Å². The molecule has 1 aliphatic rings. The lowest BCUT2D eigenvalue weighted by Crippen LogP contribution is -2.36. The van der Waals surface area contributed by atoms with Crippen LogP contribution in [0.25, 0.3) is 0 Å². The minimum absolute atomic E-state index is 0.0399. The lowest BCUT2D eigenvalue weighted by molar-refractivity contribution is -0.387. The van der Waals surface area contributed by atoms with Gasteiger partial charge < -0.3 is 20.3 Å². The number of carbonyl (C=O) groups excluding carboxylic acids is 2. The number of nitrogens with zero attached hydrogens (tertiary/aromatic N) is 2. The van der Waals surface area contributed by atoms with E-state index in [0.717, 1.165) is 42.5 Å². The van der Waals surface area contributed by atoms with E-state index in [1.165, 1.54) is 0 Å². The van der Waals surface area contributed by atoms with Crippen LogP contribution in [0.4, 0.5) is 21.5 Å². The second-order valence-electron chi connectivity index (χ2n) is 6.65. The molecule has 0 aromatic heterocycles. The van der Waals surface area contributed by atoms with Crippen LogP contribution in [-0.2, 0) is 20.7 Å². The van der Waals surface area contributed by atoms with Crippen LogP contribution < -0.4 is 15.5 Å². The normalized spacial score (nSPS) is 13.6. The maximum absolute atomic E-state index is 13.3. The maximum Gasteiger partial charge on any atom is 0.313 e. The Kier molecular flexibility index (Phi) is 6.91. The van der Waals surface area contributed by atoms with Crippen molar-refractivity contribution in [2.45, 2.75) is 6.42 Å². The molecule has 2 aromatic rings. The number of hydrogen-bond acceptors (Lipinski definition) is 6. The SMILES string of the molecule is O=C(NCCc1ccc(N2CCOCC2)cc1)C(=O)Nc1ccc(F)c([N+](=O)[O-])c1. The summed E-state index contributed by atoms with van der Waals surface area (Å²) in [5.41, 5.74) is 1.29. The van der Waals surface area contributed by atoms with Gasteiger partial charge in [0.15, 0.2) is 0 Å². The number of nitrogens with one attached hydrogen (secondary N) is 2. The first kappa shape index (κ1) is 21.2. The lowest BCUT2D eigenvalue weighted by Gasteiger charge is -2.28. The fraction of sp³-hybridized carbons (Fsp3) is 0.300. The van der Waals surface area contributed by atoms with Crippen LogP contribution in [0, 0.1) is 15.9 Å². The Morgan fingerprint density at radius 1 is 1.10 bits per heavy atom. The molecule has 1 aliphatic heterocycles. The number of halogens is 1. The molecule has 158 valence electrons. The number of hydrogen-bond donors (Lipinski definition) is 2. The standard InChI is InChI=1S/C20H21FN4O5/c21-17-6-3-15(13-18(17)25(28)29)23-20(27)19(26)22-8-7-14-1-4-16(5-2-14)24-9-11-30-12-10-24/h1-6,13H,7-12H2,(H,22,26)(H,23,27). The van der Waals surface area contributed by atoms with Crippen molar-refractivity contribution in [1.82, 2.24) is 5.32 Å². The molecule has 0 unspecified atom stereocenters. The van der Waals surface area contributed by atoms with Gasteiger partial charge in [0.1, 0.15) is 0 Å². The highest BCUT2D eigenvalue weighted by atomic mass is 19.1. The second-order valence-corrected chi connectivity index (χ2v) is 6.65. The highest BCUT2D eigenvalue weighted by Crippen LogP contribution is 2.21. The summed E-state index contributed by atoms with van der Waals surface area (Å²) < 4.78 is 18.7. The number of amides is 2. The Morgan fingerprint density at radius 2 is 1.80 bits per heavy atom. The van der Waals surface area contributed by atoms with E-state index in [1.54, 1.807) is 0 Å². The number of rotatable bonds is 6. The summed E-state index contributed by atoms with van der Waals surface area (Å²) in [6, 6.07) is 10.8. The summed E-state index contributed by atoms with van der Waals surface area (Å²) in [4.78, 5) is 35.9. The quantitative estimate of drug-likeness (QED) is 0.422. The Morgan fingerprint density at radius 3 is 2.47 bits per heavy atom. The Bertz CT molecular complexity index is 929. The van der Waals surface area contributed by atoms with Crippen molar-refractivity contribution in [3.8, 4) is 0 Å². The van der Waals surface area contributed by atoms with Gasteiger partial charge in [-0.15, -0.1) is 0 Å². The van der Waals surface area contributed by atoms with Crippen LogP contribution in [0.5, 0.6) is 0 Å². The highest BCUT2D eigenvalue weighted by Gasteiger charge is 2.18. The van der Waals surface area contributed by atoms with Crippen LogP contribution in [-0.4, -0.2) is 49.6 Å². The average Bonchev–Trinajstić information content (AvgIpc) is 2.76. The van der Waals surface area contributed by atoms with E-state index in [0.29, 0.717) is 19.6 Å². The molecule has 0 radical (unpaired) electrons. The van der Waals surface area contributed by atoms with E-state index in [4.69, 9.17) is 4.74 Å². The van der Waals surface area contributed by atoms with Crippen molar-refractivity contribution in [2.24, 2.45) is 0 Å². The van der Waals surface area contributed by atoms with Crippen LogP contribution in [0.3, 0.4) is 0 Å². The molecule has 9 nitrogen and oxygen atoms in total. The maximum atomic E-state index is 13.3. The second kappa shape index (κ2) is 9.79. The van der Waals surface area contributed by atoms with Gasteiger partial charge in [0.05, 0.1) is 18.1 Å². The predicted octanol–water partition coefficient (Wildman–Crippen LogP) is 1.87. The van der Waals surface area contributed by atoms with Crippen molar-refractivity contribution in [3.63, 3.8) is 0 Å². The molecule has 10 heteroatoms. The molecular weight excluding hydrogens is 395 g/mol. The fourth-order valence-electron chi connectivity index (χ4n) is 3.01. The predicted molar refractivity (Wildman–Crippen MR) is 108 cm³/mol. The summed E-state index contributed by atoms with van der Waals surface area (Å²) in [5.74, 6) is -2.90. The Hall–Kier alpha value is -3.53. The number of carbonyl (C=O) groups is 2. The van der Waals surface area contributed by atoms with E-state index in [1.807, 2.05) is 24.3 Å². The smallest absolute Gasteiger partial charge is 0.313 e. The largest absolute Gasteiger partial charge is 0.378 e. The van der Waals surface area contributed by atoms with Gasteiger partial charge in [-0.1, -0.05) is 12.1 Å². The summed E-state index contributed by atoms with van der Waals surface area (Å²) in [7, 11) is 0. The van der Waals surface area contributed by atoms with Crippen molar-refractivity contribution in [1.29, 1.82) is 0 Å². The third-order valence-corrected chi connectivity index (χ3v) is 4.62. The molecule has 30 heavy (non-hydrogen) atoms. The average molecular weight is 416 g/mol. The Balaban J connectivity index is 1.46. The molecule has 3 rings (SSSR count). The summed E-state index contributed by atoms with van der Waals surface area (Å²) >= 11 is 0. The zero-order chi connectivity index (χ0) is 21.5. The molecule has 0 saturated carbocycles. The van der Waals surface area contributed by atoms with Crippen molar-refractivity contribution >= 4 is 28.9 Å². The van der Waals surface area contributed by atoms with E-state index in [9.17, 15) is 24.1 Å². The number of nitro groups is 1. The van der Waals surface area contributed by atoms with Crippen molar-refractivity contribution in [2.75, 3.05) is 43.1 Å². The zero-order valence-electron chi connectivity index (χ0n) is 16.1. The van der Waals surface area contributed by atoms with Gasteiger partial charge in [0.2, 0.25) is 5.82 Å². The molecule has 2 N–H and O–H groups in total. The molecule has 2 amide bonds. The van der Waals surface area contributed by atoms with Gasteiger partial charge in [-0.25, -0.2) is 0 Å². The fourth-order valence-corrected chi connectivity index (χ4v) is 3.01. The first-order chi connectivity index (χ1) is 14.4. The van der Waals surface area contributed by atoms with Gasteiger partial charge in [-0.3, -0.25) is 19.7 Å². The topological polar surface area (TPSA) is 114 Å². The van der Waals surface area contributed by atoms with Gasteiger partial charge in [0, 0.05) is 37.1 Å². The van der Waals surface area contributed by atoms with Gasteiger partial charge in [-0.05, 0) is 36.2 Å². The van der Waals surface area contributed by atoms with Crippen molar-refractivity contribution in [3.05, 3.63) is 64.0 Å². The highest BCUT2D eigenvalue weighted by molar-refractivity contribution is 6.39. The summed E-state index contributed by atoms with van der Waals surface area (Å²) in [6.07, 6.45) is 0.532. The van der Waals surface area contributed by atoms with Crippen LogP contribution in [0.15, 0.2) is 42.5 Å². The number of anilines is 2. The molecular formula is C20H21FN4O5. The number of ether oxygens (including phenoxy) is 1. The molecule has 0 spiro atoms. The van der Waals surface area contributed by atoms with E-state index >= 15 is 0 Å². The van der Waals surface area contributed by atoms with Crippen LogP contribution in [0.1, 0.15) is 5.56 Å². The summed E-state index contributed by atoms with van der Waals surface area (Å²) in [6.45, 7) is 3.36. The molecule has 0 atom stereocenters. The molecule has 1 saturated heterocycles. The van der Waals surface area contributed by atoms with E-state index in [-0.39, 0.29) is 12.2 Å². The third kappa shape index (κ3) is 5.51. The minimum atomic E-state index is -1.03. The van der Waals surface area contributed by atoms with Crippen molar-refractivity contribution < 1.29 is 23.6 Å². The number of nitro benzene ring substituents is 1. The minimum Gasteiger partial charge on any atom is -0.378 e. The first-order valence-corrected chi connectivity index (χ1v) is 9.39. The first-order valence-electron chi connectivity index (χ1n) is 9.39. The van der Waals surface area contributed by atoms with Gasteiger partial charge in [-0.2, -0.15) is 4.39 Å². The number of benzene rings is 2. The van der Waals surface area contributed by atoms with Crippen LogP contribution >= 0.6 is 0 Å². The van der Waals surface area contributed by atoms with Gasteiger partial charge >= 0.3 is 17.5 Å². The summed E-state index contributed by atoms with van der Waals surface area (Å²) in [5, 5.41) is 15.5. The van der Waals surface area contributed by atoms with Crippen LogP contribution in [0.2, 0.25) is 0 Å². The molecule has 2 aromatic carbocycles. The molecule has 0 bridgehead atoms. The number of morpholine rings is 1. The molecule has 1 heterocycles. The van der Waals surface area contributed by atoms with E-state index < -0.39 is 28.2 Å². The molecule has 0 aliphatic carbocycles. The zero-order valence-corrected chi connectivity index (χ0v) is 16.1. The lowest BCUT2D eigenvalue weighted by atomic mass is 10.1. The third-order valence-electron chi connectivity index (χ3n) is 4.62. The monoisotopic (exact) mass is 416 g/mol. The Labute approximate surface area is 172 Å². The van der Waals surface area contributed by atoms with E-state index in [2.05, 4.69) is 15.5 Å². The molecule has 1 fully saturated rings.